The third-order valence-electron chi connectivity index (χ3n) is 4.90. The third kappa shape index (κ3) is 3.36. The van der Waals surface area contributed by atoms with Gasteiger partial charge in [-0.25, -0.2) is 9.97 Å². The van der Waals surface area contributed by atoms with Crippen LogP contribution in [0.4, 0.5) is 13.2 Å². The van der Waals surface area contributed by atoms with E-state index in [1.807, 2.05) is 0 Å². The maximum Gasteiger partial charge on any atom is 0.434 e. The molecule has 3 aromatic heterocycles. The van der Waals surface area contributed by atoms with Gasteiger partial charge in [0.1, 0.15) is 11.3 Å². The van der Waals surface area contributed by atoms with Crippen molar-refractivity contribution in [1.29, 1.82) is 5.41 Å². The average molecular weight is 436 g/mol. The lowest BCUT2D eigenvalue weighted by Gasteiger charge is -2.07. The van der Waals surface area contributed by atoms with Crippen molar-refractivity contribution in [2.45, 2.75) is 19.6 Å². The van der Waals surface area contributed by atoms with Gasteiger partial charge < -0.3 is 9.13 Å². The van der Waals surface area contributed by atoms with E-state index in [9.17, 15) is 13.2 Å². The molecule has 0 saturated heterocycles. The molecule has 0 aliphatic rings. The lowest BCUT2D eigenvalue weighted by molar-refractivity contribution is -0.140. The summed E-state index contributed by atoms with van der Waals surface area (Å²) in [5, 5.41) is 8.50. The van der Waals surface area contributed by atoms with Crippen LogP contribution in [0.1, 0.15) is 17.0 Å². The van der Waals surface area contributed by atoms with Crippen LogP contribution in [0.5, 0.6) is 0 Å². The molecule has 0 fully saturated rings. The molecular weight excluding hydrogens is 419 g/mol. The maximum atomic E-state index is 12.9. The number of rotatable bonds is 3. The minimum absolute atomic E-state index is 0.102. The summed E-state index contributed by atoms with van der Waals surface area (Å²) in [5.41, 5.74) is 2.64. The van der Waals surface area contributed by atoms with Crippen LogP contribution in [0.2, 0.25) is 5.28 Å². The molecule has 11 heteroatoms. The lowest BCUT2D eigenvalue weighted by atomic mass is 10.1. The molecule has 0 aliphatic heterocycles. The molecular formula is C19H17ClF3N7. The van der Waals surface area contributed by atoms with Gasteiger partial charge in [-0.1, -0.05) is 24.3 Å². The van der Waals surface area contributed by atoms with E-state index in [2.05, 4.69) is 15.0 Å². The summed E-state index contributed by atoms with van der Waals surface area (Å²) < 4.78 is 43.5. The van der Waals surface area contributed by atoms with Crippen molar-refractivity contribution in [2.75, 3.05) is 0 Å². The molecule has 1 aromatic carbocycles. The van der Waals surface area contributed by atoms with Gasteiger partial charge >= 0.3 is 6.18 Å². The normalized spacial score (nSPS) is 12.1. The van der Waals surface area contributed by atoms with Gasteiger partial charge in [-0.05, 0) is 24.1 Å². The first-order valence-corrected chi connectivity index (χ1v) is 9.28. The average Bonchev–Trinajstić information content (AvgIpc) is 3.16. The Bertz CT molecular complexity index is 1310. The van der Waals surface area contributed by atoms with Crippen molar-refractivity contribution in [1.82, 2.24) is 28.7 Å². The summed E-state index contributed by atoms with van der Waals surface area (Å²) in [7, 11) is 3.28. The van der Waals surface area contributed by atoms with Crippen LogP contribution >= 0.6 is 11.6 Å². The number of imidazole rings is 2. The zero-order chi connectivity index (χ0) is 21.8. The molecule has 0 amide bonds. The SMILES string of the molecule is Cc1nc(Cl)nc2c1n(C)c(=N)n2Cc1ccc(-c2nc(C(F)(F)F)cn2C)cc1. The molecule has 0 atom stereocenters. The number of aryl methyl sites for hydroxylation is 3. The topological polar surface area (TPSA) is 77.3 Å². The van der Waals surface area contributed by atoms with Gasteiger partial charge in [-0.15, -0.1) is 0 Å². The highest BCUT2D eigenvalue weighted by Gasteiger charge is 2.34. The first kappa shape index (κ1) is 20.1. The van der Waals surface area contributed by atoms with Crippen LogP contribution in [0.15, 0.2) is 30.5 Å². The Balaban J connectivity index is 1.70. The number of aromatic nitrogens is 6. The van der Waals surface area contributed by atoms with E-state index in [4.69, 9.17) is 17.0 Å². The van der Waals surface area contributed by atoms with Crippen molar-refractivity contribution in [2.24, 2.45) is 14.1 Å². The molecule has 0 radical (unpaired) electrons. The standard InChI is InChI=1S/C19H17ClF3N7/c1-10-14-16(27-17(20)25-10)30(18(24)29(14)3)8-11-4-6-12(7-5-11)15-26-13(9-28(15)2)19(21,22)23/h4-7,9,24H,8H2,1-3H3. The lowest BCUT2D eigenvalue weighted by Crippen LogP contribution is -2.23. The predicted octanol–water partition coefficient (Wildman–Crippen LogP) is 3.68. The Morgan fingerprint density at radius 1 is 1.07 bits per heavy atom. The number of fused-ring (bicyclic) bond motifs is 1. The van der Waals surface area contributed by atoms with E-state index in [1.54, 1.807) is 47.4 Å². The number of benzene rings is 1. The minimum Gasteiger partial charge on any atom is -0.333 e. The van der Waals surface area contributed by atoms with E-state index < -0.39 is 11.9 Å². The zero-order valence-electron chi connectivity index (χ0n) is 16.3. The van der Waals surface area contributed by atoms with Crippen molar-refractivity contribution < 1.29 is 13.2 Å². The summed E-state index contributed by atoms with van der Waals surface area (Å²) in [6.45, 7) is 2.15. The first-order chi connectivity index (χ1) is 14.1. The van der Waals surface area contributed by atoms with E-state index in [0.717, 1.165) is 11.8 Å². The minimum atomic E-state index is -4.49. The molecule has 30 heavy (non-hydrogen) atoms. The molecule has 1 N–H and O–H groups in total. The van der Waals surface area contributed by atoms with Gasteiger partial charge in [-0.3, -0.25) is 9.98 Å². The van der Waals surface area contributed by atoms with E-state index in [0.29, 0.717) is 29.0 Å². The number of halogens is 4. The second-order valence-corrected chi connectivity index (χ2v) is 7.31. The van der Waals surface area contributed by atoms with Crippen LogP contribution in [0, 0.1) is 12.3 Å². The van der Waals surface area contributed by atoms with Gasteiger partial charge in [-0.2, -0.15) is 18.2 Å². The van der Waals surface area contributed by atoms with E-state index in [-0.39, 0.29) is 16.7 Å². The summed E-state index contributed by atoms with van der Waals surface area (Å²) >= 11 is 6.00. The van der Waals surface area contributed by atoms with Gasteiger partial charge in [0, 0.05) is 25.9 Å². The summed E-state index contributed by atoms with van der Waals surface area (Å²) in [4.78, 5) is 12.1. The highest BCUT2D eigenvalue weighted by atomic mass is 35.5. The molecule has 4 rings (SSSR count). The largest absolute Gasteiger partial charge is 0.434 e. The monoisotopic (exact) mass is 435 g/mol. The highest BCUT2D eigenvalue weighted by Crippen LogP contribution is 2.30. The first-order valence-electron chi connectivity index (χ1n) is 8.90. The van der Waals surface area contributed by atoms with Crippen LogP contribution in [0.3, 0.4) is 0 Å². The second kappa shape index (κ2) is 6.98. The van der Waals surface area contributed by atoms with Gasteiger partial charge in [0.15, 0.2) is 11.3 Å². The molecule has 0 spiro atoms. The Morgan fingerprint density at radius 2 is 1.73 bits per heavy atom. The Morgan fingerprint density at radius 3 is 2.33 bits per heavy atom. The quantitative estimate of drug-likeness (QED) is 0.499. The number of hydrogen-bond donors (Lipinski definition) is 1. The van der Waals surface area contributed by atoms with E-state index in [1.165, 1.54) is 11.6 Å². The maximum absolute atomic E-state index is 12.9. The summed E-state index contributed by atoms with van der Waals surface area (Å²) in [5.74, 6) is 0.225. The Labute approximate surface area is 173 Å². The van der Waals surface area contributed by atoms with Crippen molar-refractivity contribution >= 4 is 22.8 Å². The predicted molar refractivity (Wildman–Crippen MR) is 105 cm³/mol. The fraction of sp³-hybridized carbons (Fsp3) is 0.263. The van der Waals surface area contributed by atoms with Crippen molar-refractivity contribution in [3.8, 4) is 11.4 Å². The smallest absolute Gasteiger partial charge is 0.333 e. The van der Waals surface area contributed by atoms with Crippen molar-refractivity contribution in [3.05, 3.63) is 58.3 Å². The van der Waals surface area contributed by atoms with Crippen LogP contribution in [0.25, 0.3) is 22.6 Å². The number of hydrogen-bond acceptors (Lipinski definition) is 4. The molecule has 0 aliphatic carbocycles. The van der Waals surface area contributed by atoms with E-state index >= 15 is 0 Å². The number of nitrogens with zero attached hydrogens (tertiary/aromatic N) is 6. The molecule has 156 valence electrons. The number of alkyl halides is 3. The van der Waals surface area contributed by atoms with Crippen LogP contribution in [-0.4, -0.2) is 28.7 Å². The molecule has 4 aromatic rings. The van der Waals surface area contributed by atoms with Crippen LogP contribution in [-0.2, 0) is 26.8 Å². The van der Waals surface area contributed by atoms with Gasteiger partial charge in [0.05, 0.1) is 12.2 Å². The Kier molecular flexibility index (Phi) is 4.69. The van der Waals surface area contributed by atoms with Crippen molar-refractivity contribution in [3.63, 3.8) is 0 Å². The molecule has 3 heterocycles. The second-order valence-electron chi connectivity index (χ2n) is 6.97. The van der Waals surface area contributed by atoms with Gasteiger partial charge in [0.2, 0.25) is 10.9 Å². The third-order valence-corrected chi connectivity index (χ3v) is 5.07. The zero-order valence-corrected chi connectivity index (χ0v) is 17.0. The van der Waals surface area contributed by atoms with Crippen LogP contribution < -0.4 is 5.62 Å². The summed E-state index contributed by atoms with van der Waals surface area (Å²) in [6.07, 6.45) is -3.53. The highest BCUT2D eigenvalue weighted by molar-refractivity contribution is 6.28. The molecule has 0 unspecified atom stereocenters. The fourth-order valence-corrected chi connectivity index (χ4v) is 3.66. The summed E-state index contributed by atoms with van der Waals surface area (Å²) in [6, 6.07) is 7.00. The molecule has 7 nitrogen and oxygen atoms in total. The van der Waals surface area contributed by atoms with Gasteiger partial charge in [0.25, 0.3) is 0 Å². The molecule has 0 bridgehead atoms. The Hall–Kier alpha value is -3.14. The number of nitrogens with one attached hydrogen (secondary N) is 1. The fourth-order valence-electron chi connectivity index (χ4n) is 3.45. The molecule has 0 saturated carbocycles.